The Hall–Kier alpha value is -1.81. The minimum absolute atomic E-state index is 0.372. The van der Waals surface area contributed by atoms with Gasteiger partial charge in [0, 0.05) is 24.7 Å². The van der Waals surface area contributed by atoms with Gasteiger partial charge in [0.25, 0.3) is 0 Å². The molecule has 0 fully saturated rings. The van der Waals surface area contributed by atoms with Gasteiger partial charge >= 0.3 is 5.97 Å². The second-order valence-corrected chi connectivity index (χ2v) is 5.08. The molecule has 0 saturated heterocycles. The van der Waals surface area contributed by atoms with Crippen LogP contribution < -0.4 is 5.73 Å². The molecule has 0 radical (unpaired) electrons. The molecule has 0 spiro atoms. The molecule has 0 aliphatic heterocycles. The summed E-state index contributed by atoms with van der Waals surface area (Å²) >= 11 is 0. The first-order valence-corrected chi connectivity index (χ1v) is 7.20. The molecule has 108 valence electrons. The van der Waals surface area contributed by atoms with Gasteiger partial charge in [-0.25, -0.2) is 4.79 Å². The first kappa shape index (κ1) is 14.6. The Bertz CT molecular complexity index is 629. The lowest BCUT2D eigenvalue weighted by molar-refractivity contribution is 0.0697. The van der Waals surface area contributed by atoms with Gasteiger partial charge in [-0.3, -0.25) is 0 Å². The molecule has 1 heterocycles. The second-order valence-electron chi connectivity index (χ2n) is 5.08. The van der Waals surface area contributed by atoms with E-state index < -0.39 is 5.97 Å². The summed E-state index contributed by atoms with van der Waals surface area (Å²) in [4.78, 5) is 11.3. The average molecular weight is 274 g/mol. The molecule has 2 rings (SSSR count). The molecule has 20 heavy (non-hydrogen) atoms. The van der Waals surface area contributed by atoms with Crippen LogP contribution in [0.15, 0.2) is 18.3 Å². The summed E-state index contributed by atoms with van der Waals surface area (Å²) in [6.07, 6.45) is 4.95. The Morgan fingerprint density at radius 1 is 1.30 bits per heavy atom. The number of benzene rings is 1. The molecule has 1 aromatic heterocycles. The highest BCUT2D eigenvalue weighted by Crippen LogP contribution is 2.28. The molecule has 4 nitrogen and oxygen atoms in total. The standard InChI is InChI=1S/C16H22N2O2/c1-3-5-12-10-18(7-6-17)15-11(4-2)8-13(16(19)20)9-14(12)15/h8-10H,3-7,17H2,1-2H3,(H,19,20). The smallest absolute Gasteiger partial charge is 0.335 e. The normalized spacial score (nSPS) is 11.2. The number of hydrogen-bond acceptors (Lipinski definition) is 2. The van der Waals surface area contributed by atoms with Gasteiger partial charge in [0.05, 0.1) is 11.1 Å². The number of rotatable bonds is 6. The minimum atomic E-state index is -0.865. The highest BCUT2D eigenvalue weighted by atomic mass is 16.4. The van der Waals surface area contributed by atoms with E-state index in [1.54, 1.807) is 12.1 Å². The van der Waals surface area contributed by atoms with E-state index in [1.807, 2.05) is 0 Å². The summed E-state index contributed by atoms with van der Waals surface area (Å²) in [5, 5.41) is 10.3. The predicted octanol–water partition coefficient (Wildman–Crippen LogP) is 2.81. The minimum Gasteiger partial charge on any atom is -0.478 e. The van der Waals surface area contributed by atoms with Crippen LogP contribution in [0.25, 0.3) is 10.9 Å². The van der Waals surface area contributed by atoms with Gasteiger partial charge in [-0.05, 0) is 36.1 Å². The fourth-order valence-corrected chi connectivity index (χ4v) is 2.78. The fourth-order valence-electron chi connectivity index (χ4n) is 2.78. The van der Waals surface area contributed by atoms with Crippen LogP contribution in [0, 0.1) is 0 Å². The van der Waals surface area contributed by atoms with Crippen LogP contribution in [0.5, 0.6) is 0 Å². The first-order chi connectivity index (χ1) is 9.62. The number of aryl methyl sites for hydroxylation is 2. The Morgan fingerprint density at radius 2 is 2.05 bits per heavy atom. The zero-order chi connectivity index (χ0) is 14.7. The quantitative estimate of drug-likeness (QED) is 0.851. The van der Waals surface area contributed by atoms with Gasteiger partial charge < -0.3 is 15.4 Å². The molecule has 0 unspecified atom stereocenters. The van der Waals surface area contributed by atoms with Crippen LogP contribution in [0.3, 0.4) is 0 Å². The van der Waals surface area contributed by atoms with E-state index in [1.165, 1.54) is 5.56 Å². The van der Waals surface area contributed by atoms with Gasteiger partial charge in [0.15, 0.2) is 0 Å². The Morgan fingerprint density at radius 3 is 2.60 bits per heavy atom. The maximum atomic E-state index is 11.3. The number of aromatic nitrogens is 1. The fraction of sp³-hybridized carbons (Fsp3) is 0.438. The predicted molar refractivity (Wildman–Crippen MR) is 81.3 cm³/mol. The van der Waals surface area contributed by atoms with Crippen LogP contribution in [0.2, 0.25) is 0 Å². The van der Waals surface area contributed by atoms with E-state index in [4.69, 9.17) is 5.73 Å². The largest absolute Gasteiger partial charge is 0.478 e. The molecule has 0 atom stereocenters. The summed E-state index contributed by atoms with van der Waals surface area (Å²) in [7, 11) is 0. The van der Waals surface area contributed by atoms with Crippen LogP contribution in [-0.2, 0) is 19.4 Å². The number of hydrogen-bond donors (Lipinski definition) is 2. The van der Waals surface area contributed by atoms with Crippen molar-refractivity contribution >= 4 is 16.9 Å². The van der Waals surface area contributed by atoms with Crippen LogP contribution in [0.4, 0.5) is 0 Å². The van der Waals surface area contributed by atoms with Crippen molar-refractivity contribution in [2.75, 3.05) is 6.54 Å². The van der Waals surface area contributed by atoms with Crippen LogP contribution >= 0.6 is 0 Å². The van der Waals surface area contributed by atoms with Crippen molar-refractivity contribution in [3.63, 3.8) is 0 Å². The molecule has 4 heteroatoms. The van der Waals surface area contributed by atoms with Gasteiger partial charge in [-0.2, -0.15) is 0 Å². The topological polar surface area (TPSA) is 68.2 Å². The number of nitrogens with zero attached hydrogens (tertiary/aromatic N) is 1. The van der Waals surface area contributed by atoms with Crippen molar-refractivity contribution in [3.8, 4) is 0 Å². The van der Waals surface area contributed by atoms with Gasteiger partial charge in [-0.1, -0.05) is 20.3 Å². The van der Waals surface area contributed by atoms with Crippen molar-refractivity contribution in [2.45, 2.75) is 39.7 Å². The third-order valence-corrected chi connectivity index (χ3v) is 3.65. The SMILES string of the molecule is CCCc1cn(CCN)c2c(CC)cc(C(=O)O)cc12. The number of carboxylic acids is 1. The van der Waals surface area contributed by atoms with Gasteiger partial charge in [0.1, 0.15) is 0 Å². The molecular formula is C16H22N2O2. The van der Waals surface area contributed by atoms with Crippen molar-refractivity contribution in [3.05, 3.63) is 35.0 Å². The molecular weight excluding hydrogens is 252 g/mol. The van der Waals surface area contributed by atoms with E-state index in [2.05, 4.69) is 24.6 Å². The molecule has 0 bridgehead atoms. The van der Waals surface area contributed by atoms with E-state index >= 15 is 0 Å². The van der Waals surface area contributed by atoms with Crippen molar-refractivity contribution < 1.29 is 9.90 Å². The highest BCUT2D eigenvalue weighted by molar-refractivity contribution is 5.96. The van der Waals surface area contributed by atoms with E-state index in [0.29, 0.717) is 12.1 Å². The maximum absolute atomic E-state index is 11.3. The summed E-state index contributed by atoms with van der Waals surface area (Å²) in [6.45, 7) is 5.53. The first-order valence-electron chi connectivity index (χ1n) is 7.20. The summed E-state index contributed by atoms with van der Waals surface area (Å²) in [5.74, 6) is -0.865. The van der Waals surface area contributed by atoms with E-state index in [0.717, 1.165) is 42.3 Å². The molecule has 0 saturated carbocycles. The number of nitrogens with two attached hydrogens (primary N) is 1. The average Bonchev–Trinajstić information content (AvgIpc) is 2.77. The van der Waals surface area contributed by atoms with E-state index in [9.17, 15) is 9.90 Å². The number of aromatic carboxylic acids is 1. The lowest BCUT2D eigenvalue weighted by Gasteiger charge is -2.08. The summed E-state index contributed by atoms with van der Waals surface area (Å²) in [6, 6.07) is 3.59. The second kappa shape index (κ2) is 6.09. The molecule has 0 amide bonds. The highest BCUT2D eigenvalue weighted by Gasteiger charge is 2.15. The van der Waals surface area contributed by atoms with Crippen molar-refractivity contribution in [1.29, 1.82) is 0 Å². The molecule has 2 aromatic rings. The van der Waals surface area contributed by atoms with Crippen LogP contribution in [0.1, 0.15) is 41.8 Å². The third-order valence-electron chi connectivity index (χ3n) is 3.65. The van der Waals surface area contributed by atoms with Crippen LogP contribution in [-0.4, -0.2) is 22.2 Å². The Kier molecular flexibility index (Phi) is 4.45. The monoisotopic (exact) mass is 274 g/mol. The number of fused-ring (bicyclic) bond motifs is 1. The Balaban J connectivity index is 2.74. The number of carboxylic acid groups (broad SMARTS) is 1. The number of carbonyl (C=O) groups is 1. The Labute approximate surface area is 119 Å². The van der Waals surface area contributed by atoms with Gasteiger partial charge in [0.2, 0.25) is 0 Å². The third kappa shape index (κ3) is 2.56. The lowest BCUT2D eigenvalue weighted by atomic mass is 10.0. The zero-order valence-corrected chi connectivity index (χ0v) is 12.1. The molecule has 1 aromatic carbocycles. The van der Waals surface area contributed by atoms with Crippen molar-refractivity contribution in [2.24, 2.45) is 5.73 Å². The molecule has 0 aliphatic rings. The van der Waals surface area contributed by atoms with Gasteiger partial charge in [-0.15, -0.1) is 0 Å². The summed E-state index contributed by atoms with van der Waals surface area (Å²) < 4.78 is 2.17. The molecule has 3 N–H and O–H groups in total. The van der Waals surface area contributed by atoms with E-state index in [-0.39, 0.29) is 0 Å². The zero-order valence-electron chi connectivity index (χ0n) is 12.1. The maximum Gasteiger partial charge on any atom is 0.335 e. The van der Waals surface area contributed by atoms with Crippen molar-refractivity contribution in [1.82, 2.24) is 4.57 Å². The molecule has 0 aliphatic carbocycles. The lowest BCUT2D eigenvalue weighted by Crippen LogP contribution is -2.09. The summed E-state index contributed by atoms with van der Waals surface area (Å²) in [5.41, 5.74) is 9.50.